The fourth-order valence-corrected chi connectivity index (χ4v) is 18.4. The Balaban J connectivity index is 0.000000155. The van der Waals surface area contributed by atoms with Gasteiger partial charge in [-0.25, -0.2) is 88.7 Å². The van der Waals surface area contributed by atoms with Gasteiger partial charge < -0.3 is 114 Å². The summed E-state index contributed by atoms with van der Waals surface area (Å²) in [6, 6.07) is 34.1. The molecule has 0 aliphatic carbocycles. The molecule has 6 aromatic heterocycles. The Morgan fingerprint density at radius 3 is 1.59 bits per heavy atom. The highest BCUT2D eigenvalue weighted by Gasteiger charge is 2.55. The number of rotatable bonds is 30. The predicted octanol–water partition coefficient (Wildman–Crippen LogP) is 3.42. The third-order valence-corrected chi connectivity index (χ3v) is 26.4. The van der Waals surface area contributed by atoms with Gasteiger partial charge in [-0.1, -0.05) is 51.1 Å². The average Bonchev–Trinajstić information content (AvgIpc) is 1.61. The van der Waals surface area contributed by atoms with Gasteiger partial charge in [0.05, 0.1) is 105 Å². The number of piperazine rings is 1. The van der Waals surface area contributed by atoms with E-state index in [1.165, 1.54) is 93.0 Å². The van der Waals surface area contributed by atoms with Crippen LogP contribution >= 0.6 is 11.3 Å². The summed E-state index contributed by atoms with van der Waals surface area (Å²) >= 11 is 1.33. The van der Waals surface area contributed by atoms with E-state index in [-0.39, 0.29) is 54.1 Å². The summed E-state index contributed by atoms with van der Waals surface area (Å²) in [6.45, 7) is 8.54. The van der Waals surface area contributed by atoms with Crippen LogP contribution in [0.1, 0.15) is 91.4 Å². The molecule has 12 aromatic rings. The SMILES string of the molecule is CC[C@@H]([C@H](C)O)n1ncn(-c2ccc(N3CCN(c4ccc(OCC5CO[C@@](Cn6cncn6)(c6ccc(F)cc6F)C5)cc4)CC3)cc2)c1=O.C[C@@H](c1nc(-c2ccc(C#N)cc2)cs1)[C@](O)(Cn1cncn1)c1ccc(F)cc1F.C[C@@H](c1ncncc1F)[C@](O)(Cn1cncn1)c1ccc(F)cc1F.OC[C@H]1O[C@@H](OC2[C@@H](CO)O[C@H](O)[C@H](O)[C@H]2O)[C@H](O)[C@@H](O)C1O[C@@H]1O[C@H](CO)[C@@H](O)[C@H](O)[C@H]1O. The van der Waals surface area contributed by atoms with Crippen molar-refractivity contribution < 1.29 is 135 Å². The number of nitrogens with zero attached hydrogens (tertiary/aromatic N) is 18. The molecule has 5 aliphatic rings. The van der Waals surface area contributed by atoms with E-state index in [4.69, 9.17) is 38.4 Å². The Morgan fingerprint density at radius 2 is 1.07 bits per heavy atom. The Hall–Kier alpha value is -12.0. The highest BCUT2D eigenvalue weighted by molar-refractivity contribution is 7.10. The molecule has 17 rings (SSSR count). The van der Waals surface area contributed by atoms with Crippen molar-refractivity contribution in [2.75, 3.05) is 69.0 Å². The molecule has 5 fully saturated rings. The summed E-state index contributed by atoms with van der Waals surface area (Å²) in [5, 5.41) is 170. The Labute approximate surface area is 803 Å². The number of halogens is 7. The lowest BCUT2D eigenvalue weighted by Crippen LogP contribution is -2.66. The lowest BCUT2D eigenvalue weighted by Gasteiger charge is -2.47. The van der Waals surface area contributed by atoms with Crippen molar-refractivity contribution in [2.45, 2.75) is 193 Å². The van der Waals surface area contributed by atoms with Gasteiger partial charge in [-0.3, -0.25) is 0 Å². The van der Waals surface area contributed by atoms with Gasteiger partial charge in [-0.15, -0.1) is 11.3 Å². The summed E-state index contributed by atoms with van der Waals surface area (Å²) in [5.74, 6) is -6.25. The Kier molecular flexibility index (Phi) is 34.5. The molecule has 14 N–H and O–H groups in total. The maximum Gasteiger partial charge on any atom is 0.350 e. The van der Waals surface area contributed by atoms with Crippen molar-refractivity contribution in [2.24, 2.45) is 5.92 Å². The third kappa shape index (κ3) is 23.8. The number of nitriles is 1. The monoisotopic (exact) mass is 1990 g/mol. The molecule has 6 aromatic carbocycles. The fraction of sp³-hybridized carbons (Fsp3) is 0.441. The number of aliphatic hydroxyl groups is 14. The molecular formula is C93H105F7N18O22S. The second-order valence-electron chi connectivity index (χ2n) is 34.4. The molecule has 11 heterocycles. The number of hydrogen-bond donors (Lipinski definition) is 14. The molecule has 40 nitrogen and oxygen atoms in total. The highest BCUT2D eigenvalue weighted by atomic mass is 32.1. The number of ether oxygens (including phenoxy) is 7. The minimum Gasteiger partial charge on any atom is -0.493 e. The van der Waals surface area contributed by atoms with Crippen molar-refractivity contribution in [3.05, 3.63) is 274 Å². The van der Waals surface area contributed by atoms with Crippen molar-refractivity contribution in [1.29, 1.82) is 5.26 Å². The number of anilines is 2. The van der Waals surface area contributed by atoms with Crippen molar-refractivity contribution >= 4 is 22.7 Å². The molecule has 48 heteroatoms. The first kappa shape index (κ1) is 105. The highest BCUT2D eigenvalue weighted by Crippen LogP contribution is 2.46. The van der Waals surface area contributed by atoms with Crippen molar-refractivity contribution in [3.8, 4) is 28.8 Å². The first-order valence-corrected chi connectivity index (χ1v) is 45.5. The van der Waals surface area contributed by atoms with Crippen LogP contribution in [0, 0.1) is 58.0 Å². The van der Waals surface area contributed by atoms with Crippen LogP contribution < -0.4 is 20.2 Å². The van der Waals surface area contributed by atoms with Crippen LogP contribution in [0.2, 0.25) is 0 Å². The summed E-state index contributed by atoms with van der Waals surface area (Å²) in [6.07, 6.45) is -12.9. The molecule has 3 unspecified atom stereocenters. The maximum absolute atomic E-state index is 15.0. The average molecular weight is 1990 g/mol. The van der Waals surface area contributed by atoms with Crippen LogP contribution in [0.5, 0.6) is 5.75 Å². The standard InChI is InChI=1S/C37H42F2N8O4.C22H17F2N5OS.C18H32O16.C16H14F3N5O/c1-3-35(26(2)48)47-36(49)46(25-42-47)31-7-5-29(6-8-31)43-14-16-44(17-15-43)30-9-11-32(12-10-30)50-20-27-19-37(51-21-27,22-45-24-40-23-41-45)33-13-4-28(38)18-34(33)39;1-14(21-28-20(10-31-21)16-4-2-15(9-25)3-5-16)22(30,11-29-13-26-12-27-29)18-7-6-17(23)8-19(18)24;19-1-4-7(22)8(23)12(27)17(31-4)34-15-6(3-21)32-18(13(28)10(15)25)33-14-5(2-20)30-16(29)11(26)9(14)24;1-10(15-14(19)5-20-7-22-15)16(25,6-24-9-21-8-23-24)12-3-2-11(17)4-13(12)18/h4-13,18,23-27,35,48H,3,14-17,19-22H2,1-2H3;2-8,10,12-14,30H,11H2,1H3;4-29H,1-3H2;2-5,7-10,25H,6H2,1H3/t26-,27?,35-,37-;14-,22+;4-,5-,6-,7-,8+,9-,10-,11-,12-,13-,14?,15?,16+,17+,18+;10-,16+/m0010/s1. The number of aromatic nitrogens is 15. The molecule has 23 atom stereocenters. The van der Waals surface area contributed by atoms with E-state index in [0.29, 0.717) is 54.0 Å². The molecular weight excluding hydrogens is 1890 g/mol. The Morgan fingerprint density at radius 1 is 0.560 bits per heavy atom. The molecule has 0 spiro atoms. The van der Waals surface area contributed by atoms with Gasteiger partial charge in [0.15, 0.2) is 24.7 Å². The Bertz CT molecular complexity index is 6130. The zero-order valence-corrected chi connectivity index (χ0v) is 76.8. The van der Waals surface area contributed by atoms with E-state index in [1.807, 2.05) is 48.7 Å². The van der Waals surface area contributed by atoms with Crippen molar-refractivity contribution in [3.63, 3.8) is 0 Å². The van der Waals surface area contributed by atoms with Gasteiger partial charge in [0, 0.05) is 101 Å². The second kappa shape index (κ2) is 46.4. The van der Waals surface area contributed by atoms with E-state index < -0.39 is 187 Å². The number of benzene rings is 6. The van der Waals surface area contributed by atoms with E-state index in [1.54, 1.807) is 49.1 Å². The third-order valence-electron chi connectivity index (χ3n) is 25.3. The van der Waals surface area contributed by atoms with Crippen LogP contribution in [-0.4, -0.2) is 303 Å². The first-order valence-electron chi connectivity index (χ1n) is 44.7. The fourth-order valence-electron chi connectivity index (χ4n) is 17.4. The number of thiazole rings is 1. The van der Waals surface area contributed by atoms with Crippen molar-refractivity contribution in [1.82, 2.24) is 73.6 Å². The van der Waals surface area contributed by atoms with Crippen LogP contribution in [0.3, 0.4) is 0 Å². The second-order valence-corrected chi connectivity index (χ2v) is 35.3. The molecule has 0 amide bonds. The van der Waals surface area contributed by atoms with E-state index >= 15 is 0 Å². The molecule has 0 radical (unpaired) electrons. The van der Waals surface area contributed by atoms with Crippen LogP contribution in [-0.2, 0) is 64.9 Å². The van der Waals surface area contributed by atoms with Gasteiger partial charge in [-0.2, -0.15) is 25.7 Å². The molecule has 5 aliphatic heterocycles. The van der Waals surface area contributed by atoms with Crippen LogP contribution in [0.15, 0.2) is 194 Å². The summed E-state index contributed by atoms with van der Waals surface area (Å²) in [7, 11) is 0. The predicted molar refractivity (Wildman–Crippen MR) is 480 cm³/mol. The van der Waals surface area contributed by atoms with Gasteiger partial charge in [0.2, 0.25) is 0 Å². The minimum atomic E-state index is -1.96. The molecule has 754 valence electrons. The summed E-state index contributed by atoms with van der Waals surface area (Å²) in [4.78, 5) is 41.4. The topological polar surface area (TPSA) is 549 Å². The van der Waals surface area contributed by atoms with Gasteiger partial charge in [0.1, 0.15) is 181 Å². The number of hydrogen-bond acceptors (Lipinski definition) is 36. The molecule has 5 saturated heterocycles. The van der Waals surface area contributed by atoms with E-state index in [9.17, 15) is 107 Å². The van der Waals surface area contributed by atoms with E-state index in [2.05, 4.69) is 78.3 Å². The number of aliphatic hydroxyl groups excluding tert-OH is 12. The van der Waals surface area contributed by atoms with Crippen LogP contribution in [0.4, 0.5) is 42.1 Å². The van der Waals surface area contributed by atoms with Gasteiger partial charge in [0.25, 0.3) is 0 Å². The zero-order chi connectivity index (χ0) is 101. The maximum atomic E-state index is 15.0. The van der Waals surface area contributed by atoms with Gasteiger partial charge >= 0.3 is 5.69 Å². The quantitative estimate of drug-likeness (QED) is 0.0287. The largest absolute Gasteiger partial charge is 0.493 e. The van der Waals surface area contributed by atoms with Gasteiger partial charge in [-0.05, 0) is 98.6 Å². The van der Waals surface area contributed by atoms with Crippen LogP contribution in [0.25, 0.3) is 16.9 Å². The first-order chi connectivity index (χ1) is 67.6. The summed E-state index contributed by atoms with van der Waals surface area (Å²) in [5.41, 5.74) is -0.0898. The molecule has 141 heavy (non-hydrogen) atoms. The minimum absolute atomic E-state index is 0.0121. The molecule has 0 bridgehead atoms. The lowest BCUT2D eigenvalue weighted by atomic mass is 9.79. The van der Waals surface area contributed by atoms with E-state index in [0.717, 1.165) is 97.4 Å². The molecule has 0 saturated carbocycles. The lowest BCUT2D eigenvalue weighted by molar-refractivity contribution is -0.377. The zero-order valence-electron chi connectivity index (χ0n) is 76.0. The summed E-state index contributed by atoms with van der Waals surface area (Å²) < 4.78 is 145. The smallest absolute Gasteiger partial charge is 0.350 e. The normalized spacial score (nSPS) is 25.8.